The third-order valence-corrected chi connectivity index (χ3v) is 6.02. The second kappa shape index (κ2) is 9.84. The number of ketones is 1. The minimum absolute atomic E-state index is 0.118. The van der Waals surface area contributed by atoms with Crippen LogP contribution in [0.4, 0.5) is 0 Å². The third kappa shape index (κ3) is 5.24. The molecule has 1 aliphatic rings. The van der Waals surface area contributed by atoms with E-state index < -0.39 is 0 Å². The molecule has 3 nitrogen and oxygen atoms in total. The molecular weight excluding hydrogens is 368 g/mol. The number of nitrogens with one attached hydrogen (secondary N) is 1. The van der Waals surface area contributed by atoms with Gasteiger partial charge in [0.1, 0.15) is 0 Å². The van der Waals surface area contributed by atoms with Crippen molar-refractivity contribution in [3.63, 3.8) is 0 Å². The van der Waals surface area contributed by atoms with Gasteiger partial charge in [0.2, 0.25) is 0 Å². The summed E-state index contributed by atoms with van der Waals surface area (Å²) >= 11 is 0. The molecule has 0 radical (unpaired) electrons. The standard InChI is InChI=1S/C27H30N2O/c1-21(30)24-13-7-10-23(16-24)19-28-14-15-29-20-26-12-6-5-11-25(26)18-27(29)17-22-8-3-2-4-9-22/h2-13,16,27-28H,14-15,17-20H2,1H3. The smallest absolute Gasteiger partial charge is 0.159 e. The Morgan fingerprint density at radius 2 is 1.67 bits per heavy atom. The fraction of sp³-hybridized carbons (Fsp3) is 0.296. The van der Waals surface area contributed by atoms with E-state index in [9.17, 15) is 4.79 Å². The zero-order valence-electron chi connectivity index (χ0n) is 17.7. The van der Waals surface area contributed by atoms with Gasteiger partial charge in [0.15, 0.2) is 5.78 Å². The quantitative estimate of drug-likeness (QED) is 0.443. The van der Waals surface area contributed by atoms with E-state index in [2.05, 4.69) is 70.9 Å². The Kier molecular flexibility index (Phi) is 6.73. The van der Waals surface area contributed by atoms with Gasteiger partial charge in [0.05, 0.1) is 0 Å². The molecule has 0 amide bonds. The van der Waals surface area contributed by atoms with Gasteiger partial charge in [-0.15, -0.1) is 0 Å². The molecule has 3 aromatic carbocycles. The molecule has 30 heavy (non-hydrogen) atoms. The Balaban J connectivity index is 1.38. The second-order valence-electron chi connectivity index (χ2n) is 8.22. The van der Waals surface area contributed by atoms with Gasteiger partial charge >= 0.3 is 0 Å². The molecular formula is C27H30N2O. The molecule has 0 aliphatic carbocycles. The molecule has 1 N–H and O–H groups in total. The normalized spacial score (nSPS) is 16.2. The number of Topliss-reactive ketones (excluding diaryl/α,β-unsaturated/α-hetero) is 1. The van der Waals surface area contributed by atoms with E-state index in [4.69, 9.17) is 0 Å². The number of carbonyl (C=O) groups excluding carboxylic acids is 1. The summed E-state index contributed by atoms with van der Waals surface area (Å²) in [6, 6.07) is 28.1. The molecule has 3 heteroatoms. The van der Waals surface area contributed by atoms with Crippen LogP contribution in [0.15, 0.2) is 78.9 Å². The molecule has 1 atom stereocenters. The predicted molar refractivity (Wildman–Crippen MR) is 123 cm³/mol. The molecule has 1 unspecified atom stereocenters. The Hall–Kier alpha value is -2.75. The molecule has 154 valence electrons. The fourth-order valence-corrected chi connectivity index (χ4v) is 4.35. The van der Waals surface area contributed by atoms with Crippen molar-refractivity contribution in [2.75, 3.05) is 13.1 Å². The summed E-state index contributed by atoms with van der Waals surface area (Å²) in [6.45, 7) is 5.35. The Morgan fingerprint density at radius 3 is 2.47 bits per heavy atom. The summed E-state index contributed by atoms with van der Waals surface area (Å²) < 4.78 is 0. The topological polar surface area (TPSA) is 32.3 Å². The van der Waals surface area contributed by atoms with Crippen LogP contribution in [0.2, 0.25) is 0 Å². The van der Waals surface area contributed by atoms with Crippen LogP contribution in [0.5, 0.6) is 0 Å². The van der Waals surface area contributed by atoms with Crippen LogP contribution in [0.1, 0.15) is 39.5 Å². The second-order valence-corrected chi connectivity index (χ2v) is 8.22. The summed E-state index contributed by atoms with van der Waals surface area (Å²) in [5.74, 6) is 0.118. The highest BCUT2D eigenvalue weighted by Crippen LogP contribution is 2.25. The SMILES string of the molecule is CC(=O)c1cccc(CNCCN2Cc3ccccc3CC2Cc2ccccc2)c1. The fourth-order valence-electron chi connectivity index (χ4n) is 4.35. The number of rotatable bonds is 8. The monoisotopic (exact) mass is 398 g/mol. The van der Waals surface area contributed by atoms with Crippen LogP contribution >= 0.6 is 0 Å². The lowest BCUT2D eigenvalue weighted by atomic mass is 9.90. The Bertz CT molecular complexity index is 983. The van der Waals surface area contributed by atoms with Crippen LogP contribution in [-0.4, -0.2) is 29.8 Å². The third-order valence-electron chi connectivity index (χ3n) is 6.02. The van der Waals surface area contributed by atoms with E-state index in [0.717, 1.165) is 50.1 Å². The van der Waals surface area contributed by atoms with Crippen molar-refractivity contribution in [2.24, 2.45) is 0 Å². The van der Waals surface area contributed by atoms with Crippen molar-refractivity contribution in [3.05, 3.63) is 107 Å². The molecule has 0 aromatic heterocycles. The average molecular weight is 399 g/mol. The lowest BCUT2D eigenvalue weighted by molar-refractivity contribution is 0.101. The highest BCUT2D eigenvalue weighted by atomic mass is 16.1. The maximum absolute atomic E-state index is 11.6. The molecule has 1 heterocycles. The maximum Gasteiger partial charge on any atom is 0.159 e. The zero-order valence-corrected chi connectivity index (χ0v) is 17.7. The van der Waals surface area contributed by atoms with Gasteiger partial charge in [0.25, 0.3) is 0 Å². The van der Waals surface area contributed by atoms with Crippen molar-refractivity contribution >= 4 is 5.78 Å². The summed E-state index contributed by atoms with van der Waals surface area (Å²) in [5.41, 5.74) is 6.29. The van der Waals surface area contributed by atoms with E-state index in [1.807, 2.05) is 18.2 Å². The predicted octanol–water partition coefficient (Wildman–Crippen LogP) is 4.65. The van der Waals surface area contributed by atoms with Gasteiger partial charge in [-0.1, -0.05) is 72.8 Å². The highest BCUT2D eigenvalue weighted by molar-refractivity contribution is 5.94. The lowest BCUT2D eigenvalue weighted by Crippen LogP contribution is -2.44. The van der Waals surface area contributed by atoms with Crippen molar-refractivity contribution in [3.8, 4) is 0 Å². The first kappa shape index (κ1) is 20.5. The van der Waals surface area contributed by atoms with E-state index in [1.54, 1.807) is 6.92 Å². The number of benzene rings is 3. The largest absolute Gasteiger partial charge is 0.311 e. The molecule has 0 saturated carbocycles. The van der Waals surface area contributed by atoms with Crippen molar-refractivity contribution in [1.82, 2.24) is 10.2 Å². The molecule has 4 rings (SSSR count). The van der Waals surface area contributed by atoms with Gasteiger partial charge in [0, 0.05) is 37.8 Å². The number of fused-ring (bicyclic) bond motifs is 1. The van der Waals surface area contributed by atoms with Crippen molar-refractivity contribution in [2.45, 2.75) is 38.9 Å². The van der Waals surface area contributed by atoms with Gasteiger partial charge < -0.3 is 5.32 Å². The number of nitrogens with zero attached hydrogens (tertiary/aromatic N) is 1. The first-order valence-corrected chi connectivity index (χ1v) is 10.8. The molecule has 0 fully saturated rings. The number of hydrogen-bond donors (Lipinski definition) is 1. The van der Waals surface area contributed by atoms with E-state index >= 15 is 0 Å². The molecule has 0 bridgehead atoms. The molecule has 1 aliphatic heterocycles. The molecule has 3 aromatic rings. The minimum atomic E-state index is 0.118. The molecule has 0 spiro atoms. The zero-order chi connectivity index (χ0) is 20.8. The van der Waals surface area contributed by atoms with Crippen LogP contribution in [0.3, 0.4) is 0 Å². The summed E-state index contributed by atoms with van der Waals surface area (Å²) in [5, 5.41) is 3.57. The van der Waals surface area contributed by atoms with Crippen molar-refractivity contribution < 1.29 is 4.79 Å². The van der Waals surface area contributed by atoms with Crippen LogP contribution in [0.25, 0.3) is 0 Å². The van der Waals surface area contributed by atoms with Crippen LogP contribution < -0.4 is 5.32 Å². The summed E-state index contributed by atoms with van der Waals surface area (Å²) in [4.78, 5) is 14.2. The number of hydrogen-bond acceptors (Lipinski definition) is 3. The van der Waals surface area contributed by atoms with E-state index in [1.165, 1.54) is 16.7 Å². The first-order valence-electron chi connectivity index (χ1n) is 10.8. The summed E-state index contributed by atoms with van der Waals surface area (Å²) in [6.07, 6.45) is 2.18. The maximum atomic E-state index is 11.6. The first-order chi connectivity index (χ1) is 14.7. The average Bonchev–Trinajstić information content (AvgIpc) is 2.78. The van der Waals surface area contributed by atoms with E-state index in [0.29, 0.717) is 6.04 Å². The van der Waals surface area contributed by atoms with E-state index in [-0.39, 0.29) is 5.78 Å². The minimum Gasteiger partial charge on any atom is -0.311 e. The summed E-state index contributed by atoms with van der Waals surface area (Å²) in [7, 11) is 0. The van der Waals surface area contributed by atoms with Gasteiger partial charge in [-0.3, -0.25) is 9.69 Å². The van der Waals surface area contributed by atoms with Crippen LogP contribution in [0, 0.1) is 0 Å². The van der Waals surface area contributed by atoms with Gasteiger partial charge in [-0.2, -0.15) is 0 Å². The molecule has 0 saturated heterocycles. The van der Waals surface area contributed by atoms with Gasteiger partial charge in [-0.25, -0.2) is 0 Å². The Morgan fingerprint density at radius 1 is 0.933 bits per heavy atom. The highest BCUT2D eigenvalue weighted by Gasteiger charge is 2.25. The van der Waals surface area contributed by atoms with Crippen LogP contribution in [-0.2, 0) is 25.9 Å². The Labute approximate surface area is 179 Å². The lowest BCUT2D eigenvalue weighted by Gasteiger charge is -2.37. The number of carbonyl (C=O) groups is 1. The van der Waals surface area contributed by atoms with Gasteiger partial charge in [-0.05, 0) is 48.1 Å². The van der Waals surface area contributed by atoms with Crippen molar-refractivity contribution in [1.29, 1.82) is 0 Å².